The molecule has 2 aliphatic heterocycles. The van der Waals surface area contributed by atoms with E-state index in [1.54, 1.807) is 7.11 Å². The average molecular weight is 249 g/mol. The van der Waals surface area contributed by atoms with E-state index in [4.69, 9.17) is 9.47 Å². The maximum absolute atomic E-state index is 12.0. The maximum Gasteiger partial charge on any atom is 0.226 e. The molecule has 3 aliphatic rings. The summed E-state index contributed by atoms with van der Waals surface area (Å²) < 4.78 is 11.1. The molecule has 2 fully saturated rings. The summed E-state index contributed by atoms with van der Waals surface area (Å²) in [7, 11) is 1.68. The number of nitrogens with zero attached hydrogens (tertiary/aromatic N) is 1. The van der Waals surface area contributed by atoms with Gasteiger partial charge in [-0.05, 0) is 31.4 Å². The third-order valence-corrected chi connectivity index (χ3v) is 4.23. The lowest BCUT2D eigenvalue weighted by atomic mass is 9.72. The summed E-state index contributed by atoms with van der Waals surface area (Å²) in [5, 5.41) is 0. The molecule has 0 unspecified atom stereocenters. The Labute approximate surface area is 107 Å². The number of allylic oxidation sites excluding steroid dienone is 2. The lowest BCUT2D eigenvalue weighted by Gasteiger charge is -2.50. The van der Waals surface area contributed by atoms with E-state index >= 15 is 0 Å². The van der Waals surface area contributed by atoms with Gasteiger partial charge in [0.05, 0.1) is 20.1 Å². The van der Waals surface area contributed by atoms with Crippen molar-refractivity contribution < 1.29 is 14.3 Å². The fourth-order valence-corrected chi connectivity index (χ4v) is 3.24. The van der Waals surface area contributed by atoms with Crippen LogP contribution in [-0.2, 0) is 14.3 Å². The number of piperidine rings is 1. The van der Waals surface area contributed by atoms with Crippen LogP contribution in [0, 0.1) is 5.41 Å². The molecule has 0 aromatic rings. The van der Waals surface area contributed by atoms with Gasteiger partial charge in [-0.25, -0.2) is 0 Å². The first-order valence-corrected chi connectivity index (χ1v) is 6.60. The summed E-state index contributed by atoms with van der Waals surface area (Å²) in [5.74, 6) is 1.14. The van der Waals surface area contributed by atoms with Gasteiger partial charge in [0.1, 0.15) is 12.0 Å². The number of fused-ring (bicyclic) bond motifs is 2. The third-order valence-electron chi connectivity index (χ3n) is 4.23. The largest absolute Gasteiger partial charge is 0.497 e. The maximum atomic E-state index is 12.0. The second-order valence-electron chi connectivity index (χ2n) is 5.25. The molecule has 2 heterocycles. The van der Waals surface area contributed by atoms with Gasteiger partial charge in [-0.2, -0.15) is 0 Å². The monoisotopic (exact) mass is 249 g/mol. The number of amides is 1. The molecular weight excluding hydrogens is 230 g/mol. The average Bonchev–Trinajstić information content (AvgIpc) is 2.41. The fourth-order valence-electron chi connectivity index (χ4n) is 3.24. The van der Waals surface area contributed by atoms with Gasteiger partial charge < -0.3 is 14.4 Å². The second-order valence-corrected chi connectivity index (χ2v) is 5.25. The highest BCUT2D eigenvalue weighted by atomic mass is 16.5. The van der Waals surface area contributed by atoms with Crippen molar-refractivity contribution in [3.05, 3.63) is 24.0 Å². The number of ether oxygens (including phenoxy) is 2. The van der Waals surface area contributed by atoms with Crippen LogP contribution in [-0.4, -0.2) is 37.3 Å². The van der Waals surface area contributed by atoms with E-state index in [0.717, 1.165) is 31.6 Å². The van der Waals surface area contributed by atoms with E-state index in [-0.39, 0.29) is 17.6 Å². The van der Waals surface area contributed by atoms with Gasteiger partial charge in [-0.3, -0.25) is 4.79 Å². The Balaban J connectivity index is 1.86. The van der Waals surface area contributed by atoms with Crippen molar-refractivity contribution >= 4 is 5.91 Å². The zero-order valence-electron chi connectivity index (χ0n) is 10.7. The Hall–Kier alpha value is -1.29. The summed E-state index contributed by atoms with van der Waals surface area (Å²) in [6.07, 6.45) is 9.75. The molecular formula is C14H19NO3. The Bertz CT molecular complexity index is 415. The van der Waals surface area contributed by atoms with Gasteiger partial charge in [0.25, 0.3) is 0 Å². The molecule has 2 saturated heterocycles. The first kappa shape index (κ1) is 11.8. The normalized spacial score (nSPS) is 35.4. The molecule has 0 saturated carbocycles. The number of hydrogen-bond donors (Lipinski definition) is 0. The smallest absolute Gasteiger partial charge is 0.226 e. The summed E-state index contributed by atoms with van der Waals surface area (Å²) in [6.45, 7) is 1.39. The van der Waals surface area contributed by atoms with Crippen molar-refractivity contribution in [2.24, 2.45) is 5.41 Å². The highest BCUT2D eigenvalue weighted by Gasteiger charge is 2.47. The molecule has 4 nitrogen and oxygen atoms in total. The minimum atomic E-state index is -0.0848. The van der Waals surface area contributed by atoms with Crippen molar-refractivity contribution in [1.82, 2.24) is 4.90 Å². The number of methoxy groups -OCH3 is 1. The van der Waals surface area contributed by atoms with Gasteiger partial charge >= 0.3 is 0 Å². The van der Waals surface area contributed by atoms with Crippen molar-refractivity contribution in [1.29, 1.82) is 0 Å². The van der Waals surface area contributed by atoms with Gasteiger partial charge in [0.2, 0.25) is 5.91 Å². The number of carbonyl (C=O) groups is 1. The number of rotatable bonds is 1. The second kappa shape index (κ2) is 4.43. The summed E-state index contributed by atoms with van der Waals surface area (Å²) in [6, 6.07) is 0. The van der Waals surface area contributed by atoms with E-state index in [2.05, 4.69) is 12.2 Å². The first-order chi connectivity index (χ1) is 8.75. The fraction of sp³-hybridized carbons (Fsp3) is 0.643. The minimum Gasteiger partial charge on any atom is -0.497 e. The van der Waals surface area contributed by atoms with Crippen LogP contribution in [0.25, 0.3) is 0 Å². The lowest BCUT2D eigenvalue weighted by molar-refractivity contribution is -0.187. The SMILES string of the molecule is COC1=CC[C@@]2(C=C1)CCCN1C(=O)CCO[C@H]12. The number of hydrogen-bond acceptors (Lipinski definition) is 3. The standard InChI is InChI=1S/C14H19NO3/c1-17-11-3-7-14(8-4-11)6-2-9-15-12(16)5-10-18-13(14)15/h3-4,7,13H,2,5-6,8-10H2,1H3/t13-,14-/m0/s1. The van der Waals surface area contributed by atoms with Gasteiger partial charge in [-0.1, -0.05) is 6.08 Å². The Morgan fingerprint density at radius 3 is 3.17 bits per heavy atom. The molecule has 2 atom stereocenters. The molecule has 98 valence electrons. The van der Waals surface area contributed by atoms with Crippen LogP contribution in [0.2, 0.25) is 0 Å². The topological polar surface area (TPSA) is 38.8 Å². The molecule has 0 aromatic heterocycles. The molecule has 0 aromatic carbocycles. The molecule has 3 rings (SSSR count). The van der Waals surface area contributed by atoms with Crippen LogP contribution in [0.1, 0.15) is 25.7 Å². The summed E-state index contributed by atoms with van der Waals surface area (Å²) in [4.78, 5) is 13.9. The van der Waals surface area contributed by atoms with Crippen LogP contribution in [0.3, 0.4) is 0 Å². The summed E-state index contributed by atoms with van der Waals surface area (Å²) >= 11 is 0. The molecule has 1 aliphatic carbocycles. The van der Waals surface area contributed by atoms with Gasteiger partial charge in [-0.15, -0.1) is 0 Å². The van der Waals surface area contributed by atoms with Crippen LogP contribution < -0.4 is 0 Å². The molecule has 0 radical (unpaired) electrons. The highest BCUT2D eigenvalue weighted by Crippen LogP contribution is 2.45. The van der Waals surface area contributed by atoms with Crippen molar-refractivity contribution in [2.45, 2.75) is 31.9 Å². The zero-order valence-corrected chi connectivity index (χ0v) is 10.7. The van der Waals surface area contributed by atoms with Crippen molar-refractivity contribution in [2.75, 3.05) is 20.3 Å². The predicted molar refractivity (Wildman–Crippen MR) is 66.6 cm³/mol. The minimum absolute atomic E-state index is 0.0453. The Morgan fingerprint density at radius 1 is 1.56 bits per heavy atom. The molecule has 1 spiro atoms. The highest BCUT2D eigenvalue weighted by molar-refractivity contribution is 5.77. The van der Waals surface area contributed by atoms with Crippen LogP contribution in [0.5, 0.6) is 0 Å². The van der Waals surface area contributed by atoms with E-state index in [1.807, 2.05) is 11.0 Å². The first-order valence-electron chi connectivity index (χ1n) is 6.60. The summed E-state index contributed by atoms with van der Waals surface area (Å²) in [5.41, 5.74) is -0.0453. The van der Waals surface area contributed by atoms with E-state index in [1.165, 1.54) is 0 Å². The Kier molecular flexibility index (Phi) is 2.90. The van der Waals surface area contributed by atoms with E-state index in [0.29, 0.717) is 13.0 Å². The van der Waals surface area contributed by atoms with Gasteiger partial charge in [0, 0.05) is 12.0 Å². The number of carbonyl (C=O) groups excluding carboxylic acids is 1. The van der Waals surface area contributed by atoms with Gasteiger partial charge in [0.15, 0.2) is 0 Å². The van der Waals surface area contributed by atoms with Crippen LogP contribution in [0.4, 0.5) is 0 Å². The molecule has 4 heteroatoms. The molecule has 18 heavy (non-hydrogen) atoms. The van der Waals surface area contributed by atoms with Crippen LogP contribution in [0.15, 0.2) is 24.0 Å². The third kappa shape index (κ3) is 1.75. The predicted octanol–water partition coefficient (Wildman–Crippen LogP) is 1.83. The molecule has 0 bridgehead atoms. The Morgan fingerprint density at radius 2 is 2.44 bits per heavy atom. The molecule has 0 N–H and O–H groups in total. The van der Waals surface area contributed by atoms with E-state index in [9.17, 15) is 4.79 Å². The van der Waals surface area contributed by atoms with Crippen molar-refractivity contribution in [3.8, 4) is 0 Å². The van der Waals surface area contributed by atoms with E-state index < -0.39 is 0 Å². The van der Waals surface area contributed by atoms with Crippen LogP contribution >= 0.6 is 0 Å². The van der Waals surface area contributed by atoms with Crippen molar-refractivity contribution in [3.63, 3.8) is 0 Å². The zero-order chi connectivity index (χ0) is 12.6. The quantitative estimate of drug-likeness (QED) is 0.711. The molecule has 1 amide bonds. The lowest BCUT2D eigenvalue weighted by Crippen LogP contribution is -2.58.